The van der Waals surface area contributed by atoms with E-state index in [0.717, 1.165) is 49.8 Å². The van der Waals surface area contributed by atoms with Crippen LogP contribution in [0.1, 0.15) is 60.4 Å². The highest BCUT2D eigenvalue weighted by Crippen LogP contribution is 2.38. The molecule has 0 fully saturated rings. The number of pyridine rings is 1. The number of carboxylic acid groups (broad SMARTS) is 1. The van der Waals surface area contributed by atoms with Crippen LogP contribution >= 0.6 is 11.6 Å². The van der Waals surface area contributed by atoms with Crippen LogP contribution in [0.2, 0.25) is 5.02 Å². The molecule has 1 aromatic heterocycles. The lowest BCUT2D eigenvalue weighted by Crippen LogP contribution is -2.14. The fourth-order valence-electron chi connectivity index (χ4n) is 3.82. The third-order valence-corrected chi connectivity index (χ3v) is 5.71. The second-order valence-electron chi connectivity index (χ2n) is 7.62. The summed E-state index contributed by atoms with van der Waals surface area (Å²) in [7, 11) is 0. The number of aryl methyl sites for hydroxylation is 2. The first kappa shape index (κ1) is 22.4. The van der Waals surface area contributed by atoms with Crippen LogP contribution in [0.25, 0.3) is 0 Å². The molecule has 30 heavy (non-hydrogen) atoms. The Labute approximate surface area is 178 Å². The molecule has 3 rings (SSSR count). The van der Waals surface area contributed by atoms with Crippen molar-refractivity contribution in [2.24, 2.45) is 0 Å². The minimum atomic E-state index is -4.58. The Bertz CT molecular complexity index is 902. The number of nitrogens with zero attached hydrogens (tertiary/aromatic N) is 1. The van der Waals surface area contributed by atoms with Gasteiger partial charge in [-0.1, -0.05) is 30.2 Å². The monoisotopic (exact) mass is 440 g/mol. The van der Waals surface area contributed by atoms with Crippen LogP contribution in [0, 0.1) is 0 Å². The topological polar surface area (TPSA) is 62.2 Å². The zero-order chi connectivity index (χ0) is 21.7. The first-order valence-electron chi connectivity index (χ1n) is 10.0. The van der Waals surface area contributed by atoms with Crippen molar-refractivity contribution >= 4 is 23.4 Å². The highest BCUT2D eigenvalue weighted by Gasteiger charge is 2.34. The van der Waals surface area contributed by atoms with Crippen molar-refractivity contribution in [3.05, 3.63) is 57.7 Å². The van der Waals surface area contributed by atoms with Gasteiger partial charge in [-0.3, -0.25) is 4.79 Å². The Balaban J connectivity index is 1.62. The van der Waals surface area contributed by atoms with Gasteiger partial charge < -0.3 is 10.4 Å². The molecule has 0 spiro atoms. The summed E-state index contributed by atoms with van der Waals surface area (Å²) in [5.41, 5.74) is 1.60. The molecular weight excluding hydrogens is 417 g/mol. The Hall–Kier alpha value is -2.28. The number of nitrogens with one attached hydrogen (secondary N) is 1. The summed E-state index contributed by atoms with van der Waals surface area (Å²) in [6.45, 7) is 0.918. The SMILES string of the molecule is O=C(O)CC(CCCCc1ccc2c(n1)NCCC2)c1ccc(Cl)c(C(F)(F)F)c1. The van der Waals surface area contributed by atoms with E-state index in [-0.39, 0.29) is 11.4 Å². The highest BCUT2D eigenvalue weighted by molar-refractivity contribution is 6.31. The molecule has 1 aromatic carbocycles. The van der Waals surface area contributed by atoms with Crippen molar-refractivity contribution in [2.45, 2.75) is 57.0 Å². The van der Waals surface area contributed by atoms with Crippen LogP contribution in [0.15, 0.2) is 30.3 Å². The van der Waals surface area contributed by atoms with E-state index in [0.29, 0.717) is 18.4 Å². The second-order valence-corrected chi connectivity index (χ2v) is 8.03. The van der Waals surface area contributed by atoms with Crippen LogP contribution in [0.3, 0.4) is 0 Å². The van der Waals surface area contributed by atoms with Gasteiger partial charge in [0.15, 0.2) is 0 Å². The van der Waals surface area contributed by atoms with E-state index >= 15 is 0 Å². The molecule has 2 N–H and O–H groups in total. The molecule has 0 saturated carbocycles. The molecule has 0 radical (unpaired) electrons. The lowest BCUT2D eigenvalue weighted by Gasteiger charge is -2.19. The fourth-order valence-corrected chi connectivity index (χ4v) is 4.04. The van der Waals surface area contributed by atoms with Crippen LogP contribution in [0.5, 0.6) is 0 Å². The predicted molar refractivity (Wildman–Crippen MR) is 110 cm³/mol. The van der Waals surface area contributed by atoms with Gasteiger partial charge in [0.05, 0.1) is 17.0 Å². The van der Waals surface area contributed by atoms with E-state index in [1.54, 1.807) is 0 Å². The van der Waals surface area contributed by atoms with Crippen molar-refractivity contribution in [3.8, 4) is 0 Å². The molecule has 0 saturated heterocycles. The molecule has 2 heterocycles. The molecule has 1 aliphatic heterocycles. The van der Waals surface area contributed by atoms with Gasteiger partial charge in [0.2, 0.25) is 0 Å². The van der Waals surface area contributed by atoms with E-state index in [1.807, 2.05) is 6.07 Å². The van der Waals surface area contributed by atoms with E-state index in [2.05, 4.69) is 16.4 Å². The number of hydrogen-bond donors (Lipinski definition) is 2. The van der Waals surface area contributed by atoms with E-state index in [1.165, 1.54) is 17.7 Å². The predicted octanol–water partition coefficient (Wildman–Crippen LogP) is 6.08. The van der Waals surface area contributed by atoms with Crippen molar-refractivity contribution in [2.75, 3.05) is 11.9 Å². The Morgan fingerprint density at radius 2 is 2.03 bits per heavy atom. The lowest BCUT2D eigenvalue weighted by atomic mass is 9.89. The van der Waals surface area contributed by atoms with Gasteiger partial charge >= 0.3 is 12.1 Å². The van der Waals surface area contributed by atoms with Crippen molar-refractivity contribution in [1.29, 1.82) is 0 Å². The molecule has 1 atom stereocenters. The number of benzene rings is 1. The third-order valence-electron chi connectivity index (χ3n) is 5.38. The number of rotatable bonds is 8. The molecular formula is C22H24ClF3N2O2. The average molecular weight is 441 g/mol. The maximum absolute atomic E-state index is 13.2. The number of unbranched alkanes of at least 4 members (excludes halogenated alkanes) is 1. The Morgan fingerprint density at radius 1 is 1.23 bits per heavy atom. The number of anilines is 1. The van der Waals surface area contributed by atoms with Crippen LogP contribution in [0.4, 0.5) is 19.0 Å². The first-order chi connectivity index (χ1) is 14.2. The Kier molecular flexibility index (Phi) is 7.23. The largest absolute Gasteiger partial charge is 0.481 e. The van der Waals surface area contributed by atoms with E-state index < -0.39 is 23.6 Å². The van der Waals surface area contributed by atoms with E-state index in [4.69, 9.17) is 11.6 Å². The zero-order valence-corrected chi connectivity index (χ0v) is 17.2. The molecule has 0 bridgehead atoms. The Morgan fingerprint density at radius 3 is 2.77 bits per heavy atom. The van der Waals surface area contributed by atoms with Crippen LogP contribution < -0.4 is 5.32 Å². The molecule has 0 aliphatic carbocycles. The van der Waals surface area contributed by atoms with Gasteiger partial charge in [0.25, 0.3) is 0 Å². The number of alkyl halides is 3. The summed E-state index contributed by atoms with van der Waals surface area (Å²) >= 11 is 5.69. The minimum Gasteiger partial charge on any atom is -0.481 e. The lowest BCUT2D eigenvalue weighted by molar-refractivity contribution is -0.138. The second kappa shape index (κ2) is 9.69. The number of hydrogen-bond acceptors (Lipinski definition) is 3. The number of carbonyl (C=O) groups is 1. The maximum atomic E-state index is 13.2. The molecule has 0 amide bonds. The van der Waals surface area contributed by atoms with Gasteiger partial charge in [0.1, 0.15) is 5.82 Å². The summed E-state index contributed by atoms with van der Waals surface area (Å²) in [5.74, 6) is -0.603. The zero-order valence-electron chi connectivity index (χ0n) is 16.4. The van der Waals surface area contributed by atoms with Gasteiger partial charge in [-0.15, -0.1) is 0 Å². The van der Waals surface area contributed by atoms with Gasteiger partial charge in [0, 0.05) is 12.2 Å². The quantitative estimate of drug-likeness (QED) is 0.488. The fraction of sp³-hybridized carbons (Fsp3) is 0.455. The van der Waals surface area contributed by atoms with Crippen LogP contribution in [-0.2, 0) is 23.8 Å². The molecule has 1 unspecified atom stereocenters. The molecule has 1 aliphatic rings. The minimum absolute atomic E-state index is 0.222. The number of aromatic nitrogens is 1. The first-order valence-corrected chi connectivity index (χ1v) is 10.4. The summed E-state index contributed by atoms with van der Waals surface area (Å²) in [5, 5.41) is 12.1. The highest BCUT2D eigenvalue weighted by atomic mass is 35.5. The number of aliphatic carboxylic acids is 1. The maximum Gasteiger partial charge on any atom is 0.417 e. The standard InChI is InChI=1S/C22H24ClF3N2O2/c23-19-10-8-16(12-18(19)22(24,25)26)15(13-20(29)30)4-1-2-6-17-9-7-14-5-3-11-27-21(14)28-17/h7-10,12,15H,1-6,11,13H2,(H,27,28)(H,29,30). The van der Waals surface area contributed by atoms with Gasteiger partial charge in [-0.05, 0) is 67.3 Å². The molecule has 4 nitrogen and oxygen atoms in total. The summed E-state index contributed by atoms with van der Waals surface area (Å²) < 4.78 is 39.5. The number of halogens is 4. The smallest absolute Gasteiger partial charge is 0.417 e. The van der Waals surface area contributed by atoms with E-state index in [9.17, 15) is 23.1 Å². The van der Waals surface area contributed by atoms with Crippen molar-refractivity contribution in [1.82, 2.24) is 4.98 Å². The normalized spacial score (nSPS) is 14.7. The van der Waals surface area contributed by atoms with Crippen LogP contribution in [-0.4, -0.2) is 22.6 Å². The molecule has 162 valence electrons. The molecule has 2 aromatic rings. The summed E-state index contributed by atoms with van der Waals surface area (Å²) in [6.07, 6.45) is 0.00747. The van der Waals surface area contributed by atoms with Gasteiger partial charge in [-0.25, -0.2) is 4.98 Å². The number of carboxylic acids is 1. The molecule has 8 heteroatoms. The summed E-state index contributed by atoms with van der Waals surface area (Å²) in [6, 6.07) is 7.76. The third kappa shape index (κ3) is 5.88. The average Bonchev–Trinajstić information content (AvgIpc) is 2.69. The van der Waals surface area contributed by atoms with Crippen molar-refractivity contribution in [3.63, 3.8) is 0 Å². The van der Waals surface area contributed by atoms with Crippen molar-refractivity contribution < 1.29 is 23.1 Å². The summed E-state index contributed by atoms with van der Waals surface area (Å²) in [4.78, 5) is 15.9. The van der Waals surface area contributed by atoms with Gasteiger partial charge in [-0.2, -0.15) is 13.2 Å². The number of fused-ring (bicyclic) bond motifs is 1.